The van der Waals surface area contributed by atoms with Gasteiger partial charge >= 0.3 is 48.1 Å². The summed E-state index contributed by atoms with van der Waals surface area (Å²) in [5, 5.41) is 8.37. The molecule has 8 atom stereocenters. The smallest absolute Gasteiger partial charge is 0.410 e. The SMILES string of the molecule is CN(C(=O)OC(C)(C)C)C(CN)C[C@H]1CCCOC1.CN(C(=O)OC(C)(C)C)C(CNC(=O)OCc1ccccc1)C[C@H]1CCCOC1.CN(C(=O)OC(C)(C)C)[C@@H](CNC(=O)OCc1ccccc1)C[C@H]1CCCOC1.CN(C(=O)OC(C)(C)C)[C@H](CNC(=O)OCc1ccccc1)C[C@H]1CCCOC1.O=C(Cl)OCc1ccccc1. The Morgan fingerprint density at radius 1 is 0.368 bits per heavy atom. The van der Waals surface area contributed by atoms with Gasteiger partial charge in [0, 0.05) is 125 Å². The first kappa shape index (κ1) is 101. The van der Waals surface area contributed by atoms with Crippen molar-refractivity contribution in [1.82, 2.24) is 35.6 Å². The molecule has 0 aromatic heterocycles. The zero-order chi connectivity index (χ0) is 86.4. The Hall–Kier alpha value is -8.67. The molecule has 0 saturated carbocycles. The highest BCUT2D eigenvalue weighted by molar-refractivity contribution is 6.61. The number of hydrogen-bond donors (Lipinski definition) is 4. The molecule has 29 heteroatoms. The third-order valence-electron chi connectivity index (χ3n) is 18.9. The maximum Gasteiger partial charge on any atom is 0.410 e. The molecule has 28 nitrogen and oxygen atoms in total. The largest absolute Gasteiger partial charge is 0.449 e. The second-order valence-corrected chi connectivity index (χ2v) is 34.1. The van der Waals surface area contributed by atoms with E-state index in [4.69, 9.17) is 69.4 Å². The van der Waals surface area contributed by atoms with Crippen molar-refractivity contribution in [3.05, 3.63) is 144 Å². The molecule has 4 aliphatic rings. The molecular weight excluding hydrogens is 1520 g/mol. The monoisotopic (exact) mass is 1660 g/mol. The lowest BCUT2D eigenvalue weighted by Crippen LogP contribution is -2.48. The average molecular weight is 1660 g/mol. The van der Waals surface area contributed by atoms with Gasteiger partial charge in [0.2, 0.25) is 0 Å². The van der Waals surface area contributed by atoms with Crippen LogP contribution in [0.3, 0.4) is 0 Å². The molecule has 4 fully saturated rings. The number of nitrogens with one attached hydrogen (secondary N) is 3. The molecule has 5 N–H and O–H groups in total. The van der Waals surface area contributed by atoms with Crippen LogP contribution in [0, 0.1) is 23.7 Å². The van der Waals surface area contributed by atoms with Gasteiger partial charge < -0.3 is 98.1 Å². The molecule has 2 unspecified atom stereocenters. The number of amides is 7. The number of benzene rings is 4. The fraction of sp³-hybridized carbons (Fsp3) is 0.636. The van der Waals surface area contributed by atoms with Crippen LogP contribution in [0.2, 0.25) is 0 Å². The van der Waals surface area contributed by atoms with Crippen LogP contribution in [0.1, 0.15) is 182 Å². The molecule has 0 aliphatic carbocycles. The van der Waals surface area contributed by atoms with Crippen LogP contribution >= 0.6 is 11.6 Å². The standard InChI is InChI=1S/3C22H34N2O5.C14H28N2O3.C8H7ClO2/c3*1-22(2,3)29-21(26)24(4)19(13-18-11-8-12-27-15-18)14-23-20(25)28-16-17-9-6-5-7-10-17;1-14(2,3)19-13(17)16(4)12(9-15)8-11-6-5-7-18-10-11;9-8(10)11-6-7-4-2-1-3-5-7/h3*5-7,9-10,18-19H,8,11-16H2,1-4H3,(H,23,25);11-12H,5-10,15H2,1-4H3;1-5H,6H2/t18-,19?;18-,19+;18-,19-;11-,12?;/m1111./s1. The van der Waals surface area contributed by atoms with Crippen molar-refractivity contribution >= 4 is 59.7 Å². The first-order valence-electron chi connectivity index (χ1n) is 40.9. The van der Waals surface area contributed by atoms with Gasteiger partial charge in [-0.3, -0.25) is 0 Å². The van der Waals surface area contributed by atoms with Crippen molar-refractivity contribution in [1.29, 1.82) is 0 Å². The van der Waals surface area contributed by atoms with Crippen LogP contribution in [0.4, 0.5) is 38.4 Å². The van der Waals surface area contributed by atoms with Gasteiger partial charge in [-0.25, -0.2) is 38.4 Å². The van der Waals surface area contributed by atoms with Crippen molar-refractivity contribution < 1.29 is 95.2 Å². The highest BCUT2D eigenvalue weighted by Gasteiger charge is 2.34. The van der Waals surface area contributed by atoms with Gasteiger partial charge in [-0.05, 0) is 206 Å². The number of hydrogen-bond acceptors (Lipinski definition) is 21. The predicted octanol–water partition coefficient (Wildman–Crippen LogP) is 16.5. The minimum Gasteiger partial charge on any atom is -0.449 e. The molecule has 656 valence electrons. The van der Waals surface area contributed by atoms with E-state index >= 15 is 0 Å². The van der Waals surface area contributed by atoms with Gasteiger partial charge in [0.05, 0.1) is 18.1 Å². The van der Waals surface area contributed by atoms with Crippen molar-refractivity contribution in [3.8, 4) is 0 Å². The van der Waals surface area contributed by atoms with E-state index in [1.54, 1.807) is 47.8 Å². The molecule has 4 aliphatic heterocycles. The molecule has 4 aromatic rings. The molecule has 0 radical (unpaired) electrons. The second-order valence-electron chi connectivity index (χ2n) is 33.8. The molecule has 4 aromatic carbocycles. The summed E-state index contributed by atoms with van der Waals surface area (Å²) in [7, 11) is 6.88. The molecule has 117 heavy (non-hydrogen) atoms. The van der Waals surface area contributed by atoms with E-state index in [1.807, 2.05) is 204 Å². The summed E-state index contributed by atoms with van der Waals surface area (Å²) in [6.07, 6.45) is 8.49. The quantitative estimate of drug-likeness (QED) is 0.0318. The first-order chi connectivity index (χ1) is 55.3. The van der Waals surface area contributed by atoms with Crippen LogP contribution < -0.4 is 21.7 Å². The molecule has 0 spiro atoms. The number of ether oxygens (including phenoxy) is 12. The van der Waals surface area contributed by atoms with Crippen LogP contribution in [-0.4, -0.2) is 221 Å². The number of nitrogens with two attached hydrogens (primary N) is 1. The van der Waals surface area contributed by atoms with E-state index in [9.17, 15) is 38.4 Å². The van der Waals surface area contributed by atoms with E-state index in [0.29, 0.717) is 69.7 Å². The minimum absolute atomic E-state index is 0.0153. The highest BCUT2D eigenvalue weighted by Crippen LogP contribution is 2.27. The zero-order valence-electron chi connectivity index (χ0n) is 72.4. The van der Waals surface area contributed by atoms with Crippen LogP contribution in [0.25, 0.3) is 0 Å². The number of rotatable bonds is 27. The number of nitrogens with zero attached hydrogens (tertiary/aromatic N) is 4. The molecule has 7 amide bonds. The zero-order valence-corrected chi connectivity index (χ0v) is 73.1. The number of likely N-dealkylation sites (N-methyl/N-ethyl adjacent to an activating group) is 4. The minimum atomic E-state index is -0.770. The van der Waals surface area contributed by atoms with Gasteiger partial charge in [0.25, 0.3) is 0 Å². The molecule has 4 heterocycles. The molecule has 4 saturated heterocycles. The number of carbonyl (C=O) groups is 8. The Labute approximate surface area is 700 Å². The Morgan fingerprint density at radius 3 is 0.778 bits per heavy atom. The predicted molar refractivity (Wildman–Crippen MR) is 449 cm³/mol. The van der Waals surface area contributed by atoms with E-state index in [-0.39, 0.29) is 56.7 Å². The third kappa shape index (κ3) is 46.3. The van der Waals surface area contributed by atoms with E-state index in [1.165, 1.54) is 0 Å². The van der Waals surface area contributed by atoms with Crippen molar-refractivity contribution in [2.75, 3.05) is 107 Å². The summed E-state index contributed by atoms with van der Waals surface area (Å²) in [6.45, 7) is 30.3. The van der Waals surface area contributed by atoms with Crippen molar-refractivity contribution in [2.45, 2.75) is 233 Å². The second kappa shape index (κ2) is 53.7. The van der Waals surface area contributed by atoms with Gasteiger partial charge in [-0.2, -0.15) is 0 Å². The summed E-state index contributed by atoms with van der Waals surface area (Å²) in [5.74, 6) is 1.54. The van der Waals surface area contributed by atoms with Gasteiger partial charge in [-0.15, -0.1) is 0 Å². The van der Waals surface area contributed by atoms with Gasteiger partial charge in [0.15, 0.2) is 0 Å². The fourth-order valence-electron chi connectivity index (χ4n) is 12.6. The first-order valence-corrected chi connectivity index (χ1v) is 41.3. The van der Waals surface area contributed by atoms with Gasteiger partial charge in [0.1, 0.15) is 48.8 Å². The van der Waals surface area contributed by atoms with Crippen molar-refractivity contribution in [2.24, 2.45) is 29.4 Å². The van der Waals surface area contributed by atoms with Crippen molar-refractivity contribution in [3.63, 3.8) is 0 Å². The third-order valence-corrected chi connectivity index (χ3v) is 19.0. The number of halogens is 1. The Morgan fingerprint density at radius 2 is 0.581 bits per heavy atom. The Balaban J connectivity index is 0.000000317. The molecule has 8 rings (SSSR count). The lowest BCUT2D eigenvalue weighted by molar-refractivity contribution is 0.0106. The fourth-order valence-corrected chi connectivity index (χ4v) is 12.7. The molecular formula is C88H137ClN8O20. The Kier molecular flexibility index (Phi) is 46.2. The Bertz CT molecular complexity index is 3180. The number of carbonyl (C=O) groups excluding carboxylic acids is 8. The summed E-state index contributed by atoms with van der Waals surface area (Å²) in [4.78, 5) is 103. The summed E-state index contributed by atoms with van der Waals surface area (Å²) >= 11 is 4.97. The maximum absolute atomic E-state index is 12.5. The summed E-state index contributed by atoms with van der Waals surface area (Å²) in [5.41, 5.74) is 6.52. The van der Waals surface area contributed by atoms with E-state index in [0.717, 1.165) is 132 Å². The van der Waals surface area contributed by atoms with E-state index in [2.05, 4.69) is 20.7 Å². The van der Waals surface area contributed by atoms with Gasteiger partial charge in [-0.1, -0.05) is 121 Å². The maximum atomic E-state index is 12.5. The average Bonchev–Trinajstić information content (AvgIpc) is 0.876. The topological polar surface area (TPSA) is 322 Å². The lowest BCUT2D eigenvalue weighted by Gasteiger charge is -2.34. The normalized spacial score (nSPS) is 17.7. The number of alkyl carbamates (subject to hydrolysis) is 3. The summed E-state index contributed by atoms with van der Waals surface area (Å²) in [6, 6.07) is 37.3. The lowest BCUT2D eigenvalue weighted by atomic mass is 9.94. The highest BCUT2D eigenvalue weighted by atomic mass is 35.5. The summed E-state index contributed by atoms with van der Waals surface area (Å²) < 4.78 is 64.4. The van der Waals surface area contributed by atoms with Crippen LogP contribution in [-0.2, 0) is 83.3 Å². The van der Waals surface area contributed by atoms with Crippen LogP contribution in [0.5, 0.6) is 0 Å². The van der Waals surface area contributed by atoms with E-state index < -0.39 is 64.4 Å². The van der Waals surface area contributed by atoms with Crippen LogP contribution in [0.15, 0.2) is 121 Å². The molecule has 0 bridgehead atoms.